The maximum atomic E-state index is 4.42. The highest BCUT2D eigenvalue weighted by molar-refractivity contribution is 5.62. The van der Waals surface area contributed by atoms with Gasteiger partial charge in [-0.3, -0.25) is 4.98 Å². The summed E-state index contributed by atoms with van der Waals surface area (Å²) in [7, 11) is 2.09. The van der Waals surface area contributed by atoms with E-state index in [9.17, 15) is 0 Å². The van der Waals surface area contributed by atoms with Crippen LogP contribution in [0.5, 0.6) is 0 Å². The Kier molecular flexibility index (Phi) is 5.13. The number of pyridine rings is 1. The second kappa shape index (κ2) is 7.06. The molecular formula is C17H23N3. The summed E-state index contributed by atoms with van der Waals surface area (Å²) < 4.78 is 0. The summed E-state index contributed by atoms with van der Waals surface area (Å²) in [6, 6.07) is 12.7. The van der Waals surface area contributed by atoms with Crippen LogP contribution in [0.3, 0.4) is 0 Å². The molecule has 1 heterocycles. The molecular weight excluding hydrogens is 246 g/mol. The Morgan fingerprint density at radius 1 is 1.15 bits per heavy atom. The van der Waals surface area contributed by atoms with E-state index < -0.39 is 0 Å². The maximum Gasteiger partial charge on any atom is 0.0562 e. The van der Waals surface area contributed by atoms with Gasteiger partial charge in [-0.15, -0.1) is 0 Å². The molecule has 20 heavy (non-hydrogen) atoms. The lowest BCUT2D eigenvalue weighted by Gasteiger charge is -2.20. The predicted octanol–water partition coefficient (Wildman–Crippen LogP) is 3.66. The fraction of sp³-hybridized carbons (Fsp3) is 0.353. The highest BCUT2D eigenvalue weighted by atomic mass is 15.1. The topological polar surface area (TPSA) is 28.2 Å². The van der Waals surface area contributed by atoms with Crippen LogP contribution in [0.2, 0.25) is 0 Å². The van der Waals surface area contributed by atoms with Crippen molar-refractivity contribution in [2.75, 3.05) is 18.5 Å². The van der Waals surface area contributed by atoms with Crippen molar-refractivity contribution < 1.29 is 0 Å². The minimum Gasteiger partial charge on any atom is -0.345 e. The second-order valence-electron chi connectivity index (χ2n) is 5.08. The van der Waals surface area contributed by atoms with Gasteiger partial charge in [0.05, 0.1) is 5.69 Å². The highest BCUT2D eigenvalue weighted by Gasteiger charge is 2.05. The van der Waals surface area contributed by atoms with Gasteiger partial charge in [-0.05, 0) is 49.7 Å². The molecule has 0 aliphatic rings. The van der Waals surface area contributed by atoms with Crippen molar-refractivity contribution in [1.82, 2.24) is 10.3 Å². The van der Waals surface area contributed by atoms with E-state index in [0.717, 1.165) is 25.2 Å². The Morgan fingerprint density at radius 2 is 1.95 bits per heavy atom. The van der Waals surface area contributed by atoms with E-state index in [1.54, 1.807) is 0 Å². The molecule has 0 fully saturated rings. The summed E-state index contributed by atoms with van der Waals surface area (Å²) in [4.78, 5) is 6.61. The van der Waals surface area contributed by atoms with Crippen LogP contribution in [0.15, 0.2) is 42.6 Å². The Balaban J connectivity index is 2.13. The SMILES string of the molecule is CCCNCc1cc(N(C)c2cccc(C)c2)ccn1. The van der Waals surface area contributed by atoms with Crippen LogP contribution in [0.4, 0.5) is 11.4 Å². The second-order valence-corrected chi connectivity index (χ2v) is 5.08. The van der Waals surface area contributed by atoms with Crippen molar-refractivity contribution in [1.29, 1.82) is 0 Å². The van der Waals surface area contributed by atoms with Crippen molar-refractivity contribution in [2.24, 2.45) is 0 Å². The lowest BCUT2D eigenvalue weighted by Crippen LogP contribution is -2.16. The zero-order valence-corrected chi connectivity index (χ0v) is 12.6. The van der Waals surface area contributed by atoms with Gasteiger partial charge in [0.15, 0.2) is 0 Å². The first kappa shape index (κ1) is 14.5. The van der Waals surface area contributed by atoms with E-state index in [1.165, 1.54) is 16.9 Å². The van der Waals surface area contributed by atoms with Crippen molar-refractivity contribution in [3.05, 3.63) is 53.9 Å². The van der Waals surface area contributed by atoms with Crippen molar-refractivity contribution in [2.45, 2.75) is 26.8 Å². The van der Waals surface area contributed by atoms with Gasteiger partial charge in [0, 0.05) is 31.2 Å². The number of aryl methyl sites for hydroxylation is 1. The number of rotatable bonds is 6. The lowest BCUT2D eigenvalue weighted by atomic mass is 10.2. The summed E-state index contributed by atoms with van der Waals surface area (Å²) >= 11 is 0. The Hall–Kier alpha value is -1.87. The third-order valence-electron chi connectivity index (χ3n) is 3.31. The minimum absolute atomic E-state index is 0.823. The molecule has 0 radical (unpaired) electrons. The van der Waals surface area contributed by atoms with Crippen molar-refractivity contribution in [3.8, 4) is 0 Å². The van der Waals surface area contributed by atoms with Gasteiger partial charge >= 0.3 is 0 Å². The summed E-state index contributed by atoms with van der Waals surface area (Å²) in [6.07, 6.45) is 3.02. The van der Waals surface area contributed by atoms with Crippen LogP contribution in [-0.4, -0.2) is 18.6 Å². The molecule has 3 nitrogen and oxygen atoms in total. The van der Waals surface area contributed by atoms with Crippen LogP contribution in [0.1, 0.15) is 24.6 Å². The standard InChI is InChI=1S/C17H23N3/c1-4-9-18-13-15-12-17(8-10-19-15)20(3)16-7-5-6-14(2)11-16/h5-8,10-12,18H,4,9,13H2,1-3H3. The molecule has 2 rings (SSSR count). The third-order valence-corrected chi connectivity index (χ3v) is 3.31. The van der Waals surface area contributed by atoms with Crippen LogP contribution in [-0.2, 0) is 6.54 Å². The van der Waals surface area contributed by atoms with E-state index >= 15 is 0 Å². The van der Waals surface area contributed by atoms with Crippen molar-refractivity contribution >= 4 is 11.4 Å². The van der Waals surface area contributed by atoms with E-state index in [4.69, 9.17) is 0 Å². The number of benzene rings is 1. The average molecular weight is 269 g/mol. The van der Waals surface area contributed by atoms with E-state index in [-0.39, 0.29) is 0 Å². The number of hydrogen-bond acceptors (Lipinski definition) is 3. The zero-order chi connectivity index (χ0) is 14.4. The molecule has 0 aliphatic heterocycles. The maximum absolute atomic E-state index is 4.42. The van der Waals surface area contributed by atoms with E-state index in [2.05, 4.69) is 66.4 Å². The summed E-state index contributed by atoms with van der Waals surface area (Å²) in [5.41, 5.74) is 4.71. The van der Waals surface area contributed by atoms with Gasteiger partial charge in [-0.2, -0.15) is 0 Å². The number of nitrogens with one attached hydrogen (secondary N) is 1. The van der Waals surface area contributed by atoms with E-state index in [0.29, 0.717) is 0 Å². The summed E-state index contributed by atoms with van der Waals surface area (Å²) in [5.74, 6) is 0. The number of hydrogen-bond donors (Lipinski definition) is 1. The largest absolute Gasteiger partial charge is 0.345 e. The molecule has 1 aromatic carbocycles. The van der Waals surface area contributed by atoms with Gasteiger partial charge in [-0.25, -0.2) is 0 Å². The predicted molar refractivity (Wildman–Crippen MR) is 85.5 cm³/mol. The third kappa shape index (κ3) is 3.81. The molecule has 0 saturated carbocycles. The molecule has 0 amide bonds. The first-order valence-electron chi connectivity index (χ1n) is 7.16. The molecule has 1 aromatic heterocycles. The Morgan fingerprint density at radius 3 is 2.70 bits per heavy atom. The minimum atomic E-state index is 0.823. The van der Waals surface area contributed by atoms with Gasteiger partial charge in [0.25, 0.3) is 0 Å². The first-order chi connectivity index (χ1) is 9.70. The molecule has 106 valence electrons. The quantitative estimate of drug-likeness (QED) is 0.811. The van der Waals surface area contributed by atoms with Gasteiger partial charge in [0.1, 0.15) is 0 Å². The summed E-state index contributed by atoms with van der Waals surface area (Å²) in [5, 5.41) is 3.39. The molecule has 0 spiro atoms. The first-order valence-corrected chi connectivity index (χ1v) is 7.16. The molecule has 0 atom stereocenters. The van der Waals surface area contributed by atoms with Crippen LogP contribution >= 0.6 is 0 Å². The molecule has 3 heteroatoms. The molecule has 1 N–H and O–H groups in total. The molecule has 0 aliphatic carbocycles. The normalized spacial score (nSPS) is 10.6. The average Bonchev–Trinajstić information content (AvgIpc) is 2.47. The van der Waals surface area contributed by atoms with Crippen molar-refractivity contribution in [3.63, 3.8) is 0 Å². The van der Waals surface area contributed by atoms with E-state index in [1.807, 2.05) is 12.3 Å². The fourth-order valence-corrected chi connectivity index (χ4v) is 2.15. The van der Waals surface area contributed by atoms with Gasteiger partial charge < -0.3 is 10.2 Å². The van der Waals surface area contributed by atoms with Crippen LogP contribution < -0.4 is 10.2 Å². The number of nitrogens with zero attached hydrogens (tertiary/aromatic N) is 2. The molecule has 0 unspecified atom stereocenters. The molecule has 2 aromatic rings. The summed E-state index contributed by atoms with van der Waals surface area (Å²) in [6.45, 7) is 6.13. The number of anilines is 2. The van der Waals surface area contributed by atoms with Gasteiger partial charge in [-0.1, -0.05) is 19.1 Å². The zero-order valence-electron chi connectivity index (χ0n) is 12.6. The Labute approximate surface area is 121 Å². The molecule has 0 saturated heterocycles. The number of aromatic nitrogens is 1. The lowest BCUT2D eigenvalue weighted by molar-refractivity contribution is 0.664. The monoisotopic (exact) mass is 269 g/mol. The van der Waals surface area contributed by atoms with Gasteiger partial charge in [0.2, 0.25) is 0 Å². The molecule has 0 bridgehead atoms. The fourth-order valence-electron chi connectivity index (χ4n) is 2.15. The van der Waals surface area contributed by atoms with Crippen LogP contribution in [0.25, 0.3) is 0 Å². The Bertz CT molecular complexity index is 551. The smallest absolute Gasteiger partial charge is 0.0562 e. The van der Waals surface area contributed by atoms with Crippen LogP contribution in [0, 0.1) is 6.92 Å². The highest BCUT2D eigenvalue weighted by Crippen LogP contribution is 2.24.